The summed E-state index contributed by atoms with van der Waals surface area (Å²) in [5, 5.41) is 1.61. The Bertz CT molecular complexity index is 2490. The maximum Gasteiger partial charge on any atom is 0.267 e. The largest absolute Gasteiger partial charge is 0.348 e. The van der Waals surface area contributed by atoms with Crippen LogP contribution in [-0.2, 0) is 41.8 Å². The van der Waals surface area contributed by atoms with Gasteiger partial charge in [0.1, 0.15) is 0 Å². The molecule has 2 bridgehead atoms. The summed E-state index contributed by atoms with van der Waals surface area (Å²) in [4.78, 5) is 43.4. The molecule has 1 saturated carbocycles. The second-order valence-corrected chi connectivity index (χ2v) is 18.2. The van der Waals surface area contributed by atoms with Crippen LogP contribution in [0.2, 0.25) is 0 Å². The van der Waals surface area contributed by atoms with E-state index in [1.54, 1.807) is 6.07 Å². The Balaban J connectivity index is 0.000000175. The van der Waals surface area contributed by atoms with Crippen molar-refractivity contribution in [1.29, 1.82) is 0 Å². The van der Waals surface area contributed by atoms with Gasteiger partial charge in [-0.2, -0.15) is 0 Å². The molecule has 1 radical (unpaired) electrons. The summed E-state index contributed by atoms with van der Waals surface area (Å²) < 4.78 is 4.12. The van der Waals surface area contributed by atoms with Gasteiger partial charge in [0, 0.05) is 54.0 Å². The van der Waals surface area contributed by atoms with Crippen LogP contribution in [-0.4, -0.2) is 28.7 Å². The van der Waals surface area contributed by atoms with Crippen LogP contribution in [0.25, 0.3) is 33.1 Å². The maximum absolute atomic E-state index is 13.1. The molecule has 6 aromatic rings. The molecule has 2 unspecified atom stereocenters. The number of rotatable bonds is 0. The monoisotopic (exact) mass is 861 g/mol. The van der Waals surface area contributed by atoms with Crippen molar-refractivity contribution in [3.8, 4) is 0 Å². The zero-order chi connectivity index (χ0) is 36.3. The van der Waals surface area contributed by atoms with Gasteiger partial charge in [-0.25, -0.2) is 9.97 Å². The summed E-state index contributed by atoms with van der Waals surface area (Å²) in [6, 6.07) is 16.1. The molecule has 6 heterocycles. The Hall–Kier alpha value is -3.81. The fourth-order valence-corrected chi connectivity index (χ4v) is 8.09. The van der Waals surface area contributed by atoms with Crippen LogP contribution >= 0.6 is 0 Å². The molecule has 0 aromatic carbocycles. The quantitative estimate of drug-likeness (QED) is 0.113. The number of nitrogens with zero attached hydrogens (tertiary/aromatic N) is 6. The van der Waals surface area contributed by atoms with E-state index in [9.17, 15) is 9.59 Å². The summed E-state index contributed by atoms with van der Waals surface area (Å²) >= 11 is 0. The SMILES string of the molecule is CC(C)(C)c1c[c-]c2c(ccn3c(C(C)(C)C)cc(=O)nc23)n1.CC(C)(C)c1c[c-]c2c(ccn3c4c(c(=O)nc23)C2CCC4(C)C2(C)C)n1.[Ir]. The van der Waals surface area contributed by atoms with Crippen molar-refractivity contribution in [3.05, 3.63) is 104 Å². The first kappa shape index (κ1) is 37.0. The summed E-state index contributed by atoms with van der Waals surface area (Å²) in [7, 11) is 0. The molecule has 0 aliphatic heterocycles. The molecule has 2 aliphatic rings. The van der Waals surface area contributed by atoms with Crippen LogP contribution in [0.4, 0.5) is 0 Å². The predicted octanol–water partition coefficient (Wildman–Crippen LogP) is 8.15. The average Bonchev–Trinajstić information content (AvgIpc) is 3.36. The van der Waals surface area contributed by atoms with E-state index in [0.717, 1.165) is 63.0 Å². The molecular weight excluding hydrogens is 813 g/mol. The summed E-state index contributed by atoms with van der Waals surface area (Å²) in [6.45, 7) is 26.0. The Morgan fingerprint density at radius 3 is 1.75 bits per heavy atom. The fraction of sp³-hybridized carbons (Fsp3) is 0.476. The van der Waals surface area contributed by atoms with Crippen LogP contribution < -0.4 is 11.1 Å². The third kappa shape index (κ3) is 5.75. The molecule has 1 fully saturated rings. The Morgan fingerprint density at radius 2 is 1.24 bits per heavy atom. The molecule has 269 valence electrons. The van der Waals surface area contributed by atoms with E-state index in [1.807, 2.05) is 34.9 Å². The van der Waals surface area contributed by atoms with Crippen LogP contribution in [0.5, 0.6) is 0 Å². The molecule has 8 nitrogen and oxygen atoms in total. The van der Waals surface area contributed by atoms with E-state index in [4.69, 9.17) is 9.97 Å². The molecule has 8 rings (SSSR count). The van der Waals surface area contributed by atoms with Crippen LogP contribution in [0.3, 0.4) is 0 Å². The smallest absolute Gasteiger partial charge is 0.267 e. The van der Waals surface area contributed by atoms with Gasteiger partial charge < -0.3 is 18.8 Å². The Morgan fingerprint density at radius 1 is 0.725 bits per heavy atom. The average molecular weight is 861 g/mol. The summed E-state index contributed by atoms with van der Waals surface area (Å²) in [6.07, 6.45) is 6.19. The molecule has 0 amide bonds. The molecule has 0 N–H and O–H groups in total. The third-order valence-corrected chi connectivity index (χ3v) is 11.4. The minimum Gasteiger partial charge on any atom is -0.348 e. The predicted molar refractivity (Wildman–Crippen MR) is 200 cm³/mol. The van der Waals surface area contributed by atoms with E-state index < -0.39 is 0 Å². The molecular formula is C42H48IrN6O2-2. The number of hydrogen-bond donors (Lipinski definition) is 0. The first-order valence-electron chi connectivity index (χ1n) is 17.7. The van der Waals surface area contributed by atoms with E-state index in [1.165, 1.54) is 0 Å². The maximum atomic E-state index is 13.1. The standard InChI is InChI=1S/C23H26N3O.C19H22N3O.Ir/c1-21(2,3)16-8-7-13-15(24-16)10-12-26-18-17(20(27)25-19(13)26)14-9-11-23(18,6)22(14,4)5;1-18(2,3)14-8-7-12-13(20-14)9-10-22-15(19(4,5)6)11-16(23)21-17(12)22;/h8,10,12,14H,9,11H2,1-6H3;8-11H,1-6H3;/q2*-1;. The van der Waals surface area contributed by atoms with Gasteiger partial charge in [0.15, 0.2) is 0 Å². The number of hydrogen-bond acceptors (Lipinski definition) is 6. The number of pyridine rings is 4. The van der Waals surface area contributed by atoms with Gasteiger partial charge in [0.05, 0.1) is 11.3 Å². The van der Waals surface area contributed by atoms with Gasteiger partial charge in [-0.15, -0.1) is 24.3 Å². The molecule has 0 spiro atoms. The van der Waals surface area contributed by atoms with Gasteiger partial charge in [0.2, 0.25) is 0 Å². The minimum atomic E-state index is -0.226. The van der Waals surface area contributed by atoms with Crippen molar-refractivity contribution in [1.82, 2.24) is 28.7 Å². The normalized spacial score (nSPS) is 19.6. The second kappa shape index (κ2) is 11.9. The number of fused-ring (bicyclic) bond motifs is 12. The zero-order valence-electron chi connectivity index (χ0n) is 31.9. The molecule has 2 aliphatic carbocycles. The van der Waals surface area contributed by atoms with E-state index >= 15 is 0 Å². The first-order valence-corrected chi connectivity index (χ1v) is 17.7. The van der Waals surface area contributed by atoms with Crippen molar-refractivity contribution < 1.29 is 20.1 Å². The fourth-order valence-electron chi connectivity index (χ4n) is 8.09. The third-order valence-electron chi connectivity index (χ3n) is 11.4. The Labute approximate surface area is 313 Å². The molecule has 9 heteroatoms. The van der Waals surface area contributed by atoms with Crippen molar-refractivity contribution in [3.63, 3.8) is 0 Å². The van der Waals surface area contributed by atoms with E-state index in [2.05, 4.69) is 116 Å². The molecule has 51 heavy (non-hydrogen) atoms. The summed E-state index contributed by atoms with van der Waals surface area (Å²) in [5.41, 5.74) is 7.50. The molecule has 2 atom stereocenters. The van der Waals surface area contributed by atoms with E-state index in [-0.39, 0.29) is 58.3 Å². The van der Waals surface area contributed by atoms with Crippen molar-refractivity contribution in [2.45, 2.75) is 124 Å². The Kier molecular flexibility index (Phi) is 8.59. The van der Waals surface area contributed by atoms with Gasteiger partial charge in [-0.05, 0) is 69.8 Å². The molecule has 0 saturated heterocycles. The molecule has 6 aromatic heterocycles. The zero-order valence-corrected chi connectivity index (χ0v) is 34.3. The van der Waals surface area contributed by atoms with Crippen LogP contribution in [0, 0.1) is 17.5 Å². The number of aromatic nitrogens is 6. The first-order chi connectivity index (χ1) is 23.1. The van der Waals surface area contributed by atoms with Gasteiger partial charge in [0.25, 0.3) is 11.1 Å². The van der Waals surface area contributed by atoms with Crippen molar-refractivity contribution in [2.24, 2.45) is 5.41 Å². The van der Waals surface area contributed by atoms with Gasteiger partial charge >= 0.3 is 0 Å². The van der Waals surface area contributed by atoms with E-state index in [0.29, 0.717) is 17.2 Å². The second-order valence-electron chi connectivity index (χ2n) is 18.2. The van der Waals surface area contributed by atoms with Gasteiger partial charge in [-0.1, -0.05) is 106 Å². The topological polar surface area (TPSA) is 94.5 Å². The minimum absolute atomic E-state index is 0. The van der Waals surface area contributed by atoms with Crippen LogP contribution in [0.15, 0.2) is 52.3 Å². The van der Waals surface area contributed by atoms with Crippen molar-refractivity contribution >= 4 is 33.1 Å². The summed E-state index contributed by atoms with van der Waals surface area (Å²) in [5.74, 6) is 0.301. The van der Waals surface area contributed by atoms with Crippen molar-refractivity contribution in [2.75, 3.05) is 0 Å². The van der Waals surface area contributed by atoms with Crippen LogP contribution in [0.1, 0.15) is 130 Å². The van der Waals surface area contributed by atoms with Gasteiger partial charge in [-0.3, -0.25) is 9.59 Å².